The molecular formula is C16H18N2O4. The van der Waals surface area contributed by atoms with Crippen molar-refractivity contribution in [1.82, 2.24) is 10.3 Å². The fourth-order valence-corrected chi connectivity index (χ4v) is 2.60. The van der Waals surface area contributed by atoms with Crippen molar-refractivity contribution < 1.29 is 14.3 Å². The van der Waals surface area contributed by atoms with Gasteiger partial charge in [-0.2, -0.15) is 0 Å². The van der Waals surface area contributed by atoms with Crippen molar-refractivity contribution in [2.24, 2.45) is 0 Å². The van der Waals surface area contributed by atoms with Crippen LogP contribution in [0.2, 0.25) is 0 Å². The summed E-state index contributed by atoms with van der Waals surface area (Å²) in [4.78, 5) is 27.6. The van der Waals surface area contributed by atoms with Crippen LogP contribution in [0.3, 0.4) is 0 Å². The maximum absolute atomic E-state index is 12.5. The number of H-pyrrole nitrogens is 1. The average Bonchev–Trinajstić information content (AvgIpc) is 3.06. The van der Waals surface area contributed by atoms with Gasteiger partial charge in [0.05, 0.1) is 13.2 Å². The van der Waals surface area contributed by atoms with E-state index in [0.717, 1.165) is 19.4 Å². The number of pyridine rings is 1. The summed E-state index contributed by atoms with van der Waals surface area (Å²) < 4.78 is 10.6. The SMILES string of the molecule is COc1ccc2[nH]cc(C(=O)NC[C@H]3CCCO3)c(=O)c2c1. The minimum absolute atomic E-state index is 0.0450. The van der Waals surface area contributed by atoms with E-state index in [-0.39, 0.29) is 23.0 Å². The van der Waals surface area contributed by atoms with Crippen molar-refractivity contribution in [3.8, 4) is 5.75 Å². The van der Waals surface area contributed by atoms with Gasteiger partial charge in [0, 0.05) is 30.3 Å². The van der Waals surface area contributed by atoms with Crippen molar-refractivity contribution >= 4 is 16.8 Å². The molecule has 0 radical (unpaired) electrons. The zero-order valence-corrected chi connectivity index (χ0v) is 12.3. The Hall–Kier alpha value is -2.34. The van der Waals surface area contributed by atoms with E-state index in [4.69, 9.17) is 9.47 Å². The smallest absolute Gasteiger partial charge is 0.256 e. The second-order valence-electron chi connectivity index (χ2n) is 5.29. The number of fused-ring (bicyclic) bond motifs is 1. The van der Waals surface area contributed by atoms with Crippen molar-refractivity contribution in [2.75, 3.05) is 20.3 Å². The largest absolute Gasteiger partial charge is 0.497 e. The van der Waals surface area contributed by atoms with E-state index in [1.165, 1.54) is 13.3 Å². The number of nitrogens with one attached hydrogen (secondary N) is 2. The maximum atomic E-state index is 12.5. The van der Waals surface area contributed by atoms with Crippen LogP contribution in [0.4, 0.5) is 0 Å². The Labute approximate surface area is 127 Å². The molecule has 1 atom stereocenters. The first-order valence-corrected chi connectivity index (χ1v) is 7.28. The van der Waals surface area contributed by atoms with Gasteiger partial charge in [-0.05, 0) is 31.0 Å². The molecule has 1 amide bonds. The highest BCUT2D eigenvalue weighted by atomic mass is 16.5. The lowest BCUT2D eigenvalue weighted by Gasteiger charge is -2.11. The number of amides is 1. The summed E-state index contributed by atoms with van der Waals surface area (Å²) in [5.41, 5.74) is 0.456. The van der Waals surface area contributed by atoms with E-state index in [0.29, 0.717) is 23.2 Å². The Morgan fingerprint density at radius 2 is 2.36 bits per heavy atom. The molecule has 22 heavy (non-hydrogen) atoms. The average molecular weight is 302 g/mol. The van der Waals surface area contributed by atoms with Crippen molar-refractivity contribution in [1.29, 1.82) is 0 Å². The van der Waals surface area contributed by atoms with Gasteiger partial charge in [0.2, 0.25) is 5.43 Å². The molecule has 6 nitrogen and oxygen atoms in total. The minimum Gasteiger partial charge on any atom is -0.497 e. The Morgan fingerprint density at radius 1 is 1.50 bits per heavy atom. The molecule has 1 aromatic heterocycles. The fraction of sp³-hybridized carbons (Fsp3) is 0.375. The van der Waals surface area contributed by atoms with Crippen LogP contribution in [0, 0.1) is 0 Å². The predicted molar refractivity (Wildman–Crippen MR) is 82.4 cm³/mol. The molecule has 1 aliphatic rings. The summed E-state index contributed by atoms with van der Waals surface area (Å²) in [7, 11) is 1.54. The zero-order chi connectivity index (χ0) is 15.5. The molecule has 3 rings (SSSR count). The molecule has 2 aromatic rings. The van der Waals surface area contributed by atoms with E-state index in [2.05, 4.69) is 10.3 Å². The van der Waals surface area contributed by atoms with Gasteiger partial charge < -0.3 is 19.8 Å². The molecule has 1 saturated heterocycles. The molecule has 0 aliphatic carbocycles. The zero-order valence-electron chi connectivity index (χ0n) is 12.3. The first kappa shape index (κ1) is 14.6. The first-order chi connectivity index (χ1) is 10.7. The predicted octanol–water partition coefficient (Wildman–Crippen LogP) is 1.45. The van der Waals surface area contributed by atoms with Crippen LogP contribution in [-0.4, -0.2) is 37.3 Å². The summed E-state index contributed by atoms with van der Waals surface area (Å²) in [5.74, 6) is 0.191. The Balaban J connectivity index is 1.84. The lowest BCUT2D eigenvalue weighted by molar-refractivity contribution is 0.0857. The molecule has 1 fully saturated rings. The van der Waals surface area contributed by atoms with Gasteiger partial charge >= 0.3 is 0 Å². The third-order valence-corrected chi connectivity index (χ3v) is 3.85. The quantitative estimate of drug-likeness (QED) is 0.895. The standard InChI is InChI=1S/C16H18N2O4/c1-21-10-4-5-14-12(7-10)15(19)13(9-17-14)16(20)18-8-11-3-2-6-22-11/h4-5,7,9,11H,2-3,6,8H2,1H3,(H,17,19)(H,18,20)/t11-/m1/s1. The van der Waals surface area contributed by atoms with Gasteiger partial charge in [0.1, 0.15) is 11.3 Å². The summed E-state index contributed by atoms with van der Waals surface area (Å²) in [6, 6.07) is 5.14. The molecule has 2 heterocycles. The summed E-state index contributed by atoms with van der Waals surface area (Å²) in [6.45, 7) is 1.16. The Kier molecular flexibility index (Phi) is 4.11. The van der Waals surface area contributed by atoms with E-state index in [9.17, 15) is 9.59 Å². The second kappa shape index (κ2) is 6.19. The number of ether oxygens (including phenoxy) is 2. The van der Waals surface area contributed by atoms with Crippen LogP contribution < -0.4 is 15.5 Å². The number of rotatable bonds is 4. The number of benzene rings is 1. The van der Waals surface area contributed by atoms with Gasteiger partial charge in [-0.3, -0.25) is 9.59 Å². The number of aromatic amines is 1. The Morgan fingerprint density at radius 3 is 3.09 bits per heavy atom. The Bertz CT molecular complexity index is 747. The normalized spacial score (nSPS) is 17.6. The number of carbonyl (C=O) groups is 1. The van der Waals surface area contributed by atoms with Gasteiger partial charge in [0.25, 0.3) is 5.91 Å². The number of hydrogen-bond donors (Lipinski definition) is 2. The van der Waals surface area contributed by atoms with Crippen LogP contribution >= 0.6 is 0 Å². The molecule has 1 aliphatic heterocycles. The van der Waals surface area contributed by atoms with Crippen LogP contribution in [0.25, 0.3) is 10.9 Å². The third kappa shape index (κ3) is 2.82. The van der Waals surface area contributed by atoms with Gasteiger partial charge in [0.15, 0.2) is 0 Å². The van der Waals surface area contributed by atoms with Gasteiger partial charge in [-0.25, -0.2) is 0 Å². The van der Waals surface area contributed by atoms with Crippen molar-refractivity contribution in [3.05, 3.63) is 40.2 Å². The molecule has 1 aromatic carbocycles. The molecule has 0 bridgehead atoms. The van der Waals surface area contributed by atoms with Gasteiger partial charge in [-0.15, -0.1) is 0 Å². The lowest BCUT2D eigenvalue weighted by Crippen LogP contribution is -2.34. The highest BCUT2D eigenvalue weighted by Gasteiger charge is 2.18. The number of aromatic nitrogens is 1. The second-order valence-corrected chi connectivity index (χ2v) is 5.29. The van der Waals surface area contributed by atoms with Crippen LogP contribution in [0.5, 0.6) is 5.75 Å². The highest BCUT2D eigenvalue weighted by molar-refractivity contribution is 5.97. The van der Waals surface area contributed by atoms with E-state index in [1.807, 2.05) is 0 Å². The van der Waals surface area contributed by atoms with Crippen molar-refractivity contribution in [2.45, 2.75) is 18.9 Å². The summed E-state index contributed by atoms with van der Waals surface area (Å²) >= 11 is 0. The number of carbonyl (C=O) groups excluding carboxylic acids is 1. The molecular weight excluding hydrogens is 284 g/mol. The van der Waals surface area contributed by atoms with Gasteiger partial charge in [-0.1, -0.05) is 0 Å². The number of hydrogen-bond acceptors (Lipinski definition) is 4. The number of methoxy groups -OCH3 is 1. The molecule has 116 valence electrons. The molecule has 0 saturated carbocycles. The van der Waals surface area contributed by atoms with E-state index in [1.54, 1.807) is 18.2 Å². The molecule has 0 unspecified atom stereocenters. The summed E-state index contributed by atoms with van der Waals surface area (Å²) in [5, 5.41) is 3.19. The molecule has 0 spiro atoms. The van der Waals surface area contributed by atoms with E-state index >= 15 is 0 Å². The minimum atomic E-state index is -0.388. The fourth-order valence-electron chi connectivity index (χ4n) is 2.60. The van der Waals surface area contributed by atoms with E-state index < -0.39 is 0 Å². The van der Waals surface area contributed by atoms with Crippen LogP contribution in [-0.2, 0) is 4.74 Å². The first-order valence-electron chi connectivity index (χ1n) is 7.28. The van der Waals surface area contributed by atoms with Crippen LogP contribution in [0.1, 0.15) is 23.2 Å². The highest BCUT2D eigenvalue weighted by Crippen LogP contribution is 2.16. The maximum Gasteiger partial charge on any atom is 0.256 e. The third-order valence-electron chi connectivity index (χ3n) is 3.85. The van der Waals surface area contributed by atoms with Crippen LogP contribution in [0.15, 0.2) is 29.2 Å². The van der Waals surface area contributed by atoms with Crippen molar-refractivity contribution in [3.63, 3.8) is 0 Å². The molecule has 6 heteroatoms. The lowest BCUT2D eigenvalue weighted by atomic mass is 10.1. The summed E-state index contributed by atoms with van der Waals surface area (Å²) in [6.07, 6.45) is 3.44. The molecule has 2 N–H and O–H groups in total. The topological polar surface area (TPSA) is 80.4 Å². The monoisotopic (exact) mass is 302 g/mol.